The molecule has 1 aliphatic carbocycles. The molecule has 1 fully saturated rings. The Labute approximate surface area is 116 Å². The summed E-state index contributed by atoms with van der Waals surface area (Å²) in [6.07, 6.45) is 9.87. The molecule has 1 aromatic heterocycles. The van der Waals surface area contributed by atoms with Crippen molar-refractivity contribution in [2.24, 2.45) is 5.41 Å². The van der Waals surface area contributed by atoms with Gasteiger partial charge in [0.05, 0.1) is 0 Å². The van der Waals surface area contributed by atoms with E-state index in [2.05, 4.69) is 36.7 Å². The molecular weight excluding hydrogens is 238 g/mol. The van der Waals surface area contributed by atoms with E-state index in [9.17, 15) is 0 Å². The summed E-state index contributed by atoms with van der Waals surface area (Å²) in [5.74, 6) is 0. The lowest BCUT2D eigenvalue weighted by molar-refractivity contribution is 0.243. The third-order valence-electron chi connectivity index (χ3n) is 4.35. The van der Waals surface area contributed by atoms with Crippen LogP contribution in [0.3, 0.4) is 0 Å². The van der Waals surface area contributed by atoms with E-state index in [4.69, 9.17) is 0 Å². The maximum atomic E-state index is 3.59. The van der Waals surface area contributed by atoms with Crippen molar-refractivity contribution in [3.8, 4) is 0 Å². The molecular formula is C16H27NS. The van der Waals surface area contributed by atoms with Crippen LogP contribution in [-0.4, -0.2) is 12.6 Å². The van der Waals surface area contributed by atoms with Gasteiger partial charge in [-0.3, -0.25) is 0 Å². The van der Waals surface area contributed by atoms with Crippen LogP contribution in [-0.2, 0) is 6.42 Å². The average Bonchev–Trinajstić information content (AvgIpc) is 2.97. The summed E-state index contributed by atoms with van der Waals surface area (Å²) in [5, 5.41) is 5.80. The predicted molar refractivity (Wildman–Crippen MR) is 81.3 cm³/mol. The molecule has 1 aromatic rings. The average molecular weight is 265 g/mol. The van der Waals surface area contributed by atoms with Gasteiger partial charge in [-0.15, -0.1) is 11.3 Å². The standard InChI is InChI=1S/C16H27NS/c1-14(2)17-12-11-16(8-3-4-9-16)10-7-15-6-5-13-18-15/h5-6,13-14,17H,3-4,7-12H2,1-2H3. The first-order valence-electron chi connectivity index (χ1n) is 7.46. The molecule has 0 unspecified atom stereocenters. The molecule has 102 valence electrons. The van der Waals surface area contributed by atoms with Crippen LogP contribution in [0.5, 0.6) is 0 Å². The highest BCUT2D eigenvalue weighted by Gasteiger charge is 2.32. The van der Waals surface area contributed by atoms with Gasteiger partial charge in [0.1, 0.15) is 0 Å². The van der Waals surface area contributed by atoms with Crippen LogP contribution in [0.15, 0.2) is 17.5 Å². The van der Waals surface area contributed by atoms with Crippen LogP contribution in [0.4, 0.5) is 0 Å². The zero-order chi connectivity index (χ0) is 12.8. The van der Waals surface area contributed by atoms with Crippen molar-refractivity contribution in [1.82, 2.24) is 5.32 Å². The molecule has 2 rings (SSSR count). The Balaban J connectivity index is 1.82. The van der Waals surface area contributed by atoms with Crippen LogP contribution < -0.4 is 5.32 Å². The second kappa shape index (κ2) is 6.72. The fourth-order valence-electron chi connectivity index (χ4n) is 3.22. The van der Waals surface area contributed by atoms with Crippen LogP contribution in [0.2, 0.25) is 0 Å². The molecule has 1 saturated carbocycles. The van der Waals surface area contributed by atoms with Gasteiger partial charge in [-0.2, -0.15) is 0 Å². The Kier molecular flexibility index (Phi) is 5.25. The van der Waals surface area contributed by atoms with Gasteiger partial charge in [-0.1, -0.05) is 32.8 Å². The van der Waals surface area contributed by atoms with Crippen LogP contribution >= 0.6 is 11.3 Å². The number of hydrogen-bond acceptors (Lipinski definition) is 2. The Bertz CT molecular complexity index is 323. The van der Waals surface area contributed by atoms with E-state index >= 15 is 0 Å². The normalized spacial score (nSPS) is 18.6. The molecule has 0 aliphatic heterocycles. The van der Waals surface area contributed by atoms with E-state index in [1.165, 1.54) is 51.5 Å². The molecule has 2 heteroatoms. The minimum absolute atomic E-state index is 0.626. The second-order valence-electron chi connectivity index (χ2n) is 6.15. The van der Waals surface area contributed by atoms with Crippen molar-refractivity contribution < 1.29 is 0 Å². The topological polar surface area (TPSA) is 12.0 Å². The van der Waals surface area contributed by atoms with E-state index in [0.29, 0.717) is 11.5 Å². The fourth-order valence-corrected chi connectivity index (χ4v) is 3.93. The van der Waals surface area contributed by atoms with Gasteiger partial charge in [-0.25, -0.2) is 0 Å². The van der Waals surface area contributed by atoms with Gasteiger partial charge >= 0.3 is 0 Å². The highest BCUT2D eigenvalue weighted by molar-refractivity contribution is 7.09. The summed E-state index contributed by atoms with van der Waals surface area (Å²) in [6.45, 7) is 5.68. The fraction of sp³-hybridized carbons (Fsp3) is 0.750. The van der Waals surface area contributed by atoms with Gasteiger partial charge in [0.15, 0.2) is 0 Å². The highest BCUT2D eigenvalue weighted by Crippen LogP contribution is 2.44. The van der Waals surface area contributed by atoms with Gasteiger partial charge < -0.3 is 5.32 Å². The number of rotatable bonds is 7. The largest absolute Gasteiger partial charge is 0.315 e. The molecule has 0 aromatic carbocycles. The third-order valence-corrected chi connectivity index (χ3v) is 5.29. The van der Waals surface area contributed by atoms with Gasteiger partial charge in [0.2, 0.25) is 0 Å². The molecule has 1 heterocycles. The van der Waals surface area contributed by atoms with Gasteiger partial charge in [-0.05, 0) is 55.5 Å². The van der Waals surface area contributed by atoms with Gasteiger partial charge in [0, 0.05) is 10.9 Å². The van der Waals surface area contributed by atoms with Crippen molar-refractivity contribution in [1.29, 1.82) is 0 Å². The van der Waals surface area contributed by atoms with Crippen LogP contribution in [0.25, 0.3) is 0 Å². The molecule has 0 amide bonds. The molecule has 1 aliphatic rings. The van der Waals surface area contributed by atoms with E-state index < -0.39 is 0 Å². The molecule has 0 bridgehead atoms. The SMILES string of the molecule is CC(C)NCCC1(CCc2cccs2)CCCC1. The van der Waals surface area contributed by atoms with Gasteiger partial charge in [0.25, 0.3) is 0 Å². The number of hydrogen-bond donors (Lipinski definition) is 1. The first kappa shape index (κ1) is 14.1. The van der Waals surface area contributed by atoms with Crippen LogP contribution in [0, 0.1) is 5.41 Å². The Morgan fingerprint density at radius 1 is 1.28 bits per heavy atom. The number of thiophene rings is 1. The Morgan fingerprint density at radius 3 is 2.67 bits per heavy atom. The molecule has 0 saturated heterocycles. The smallest absolute Gasteiger partial charge is 0.00454 e. The molecule has 1 N–H and O–H groups in total. The zero-order valence-corrected chi connectivity index (χ0v) is 12.7. The zero-order valence-electron chi connectivity index (χ0n) is 11.9. The van der Waals surface area contributed by atoms with Crippen LogP contribution in [0.1, 0.15) is 57.2 Å². The van der Waals surface area contributed by atoms with Crippen molar-refractivity contribution in [3.63, 3.8) is 0 Å². The molecule has 0 radical (unpaired) electrons. The monoisotopic (exact) mass is 265 g/mol. The van der Waals surface area contributed by atoms with E-state index in [1.54, 1.807) is 4.88 Å². The maximum Gasteiger partial charge on any atom is 0.00454 e. The molecule has 1 nitrogen and oxygen atoms in total. The summed E-state index contributed by atoms with van der Waals surface area (Å²) in [5.41, 5.74) is 0.645. The van der Waals surface area contributed by atoms with Crippen molar-refractivity contribution in [2.45, 2.75) is 64.8 Å². The first-order chi connectivity index (χ1) is 8.70. The molecule has 18 heavy (non-hydrogen) atoms. The number of nitrogens with one attached hydrogen (secondary N) is 1. The third kappa shape index (κ3) is 4.10. The predicted octanol–water partition coefficient (Wildman–Crippen LogP) is 4.63. The summed E-state index contributed by atoms with van der Waals surface area (Å²) in [6, 6.07) is 5.10. The second-order valence-corrected chi connectivity index (χ2v) is 7.18. The highest BCUT2D eigenvalue weighted by atomic mass is 32.1. The minimum Gasteiger partial charge on any atom is -0.315 e. The summed E-state index contributed by atoms with van der Waals surface area (Å²) in [7, 11) is 0. The van der Waals surface area contributed by atoms with Crippen molar-refractivity contribution >= 4 is 11.3 Å². The lowest BCUT2D eigenvalue weighted by Crippen LogP contribution is -2.29. The summed E-state index contributed by atoms with van der Waals surface area (Å²) in [4.78, 5) is 1.57. The minimum atomic E-state index is 0.626. The van der Waals surface area contributed by atoms with E-state index in [-0.39, 0.29) is 0 Å². The molecule has 0 spiro atoms. The summed E-state index contributed by atoms with van der Waals surface area (Å²) < 4.78 is 0. The maximum absolute atomic E-state index is 3.59. The number of aryl methyl sites for hydroxylation is 1. The Morgan fingerprint density at radius 2 is 2.06 bits per heavy atom. The first-order valence-corrected chi connectivity index (χ1v) is 8.34. The quantitative estimate of drug-likeness (QED) is 0.758. The van der Waals surface area contributed by atoms with Crippen molar-refractivity contribution in [2.75, 3.05) is 6.54 Å². The lowest BCUT2D eigenvalue weighted by atomic mass is 9.78. The van der Waals surface area contributed by atoms with Crippen molar-refractivity contribution in [3.05, 3.63) is 22.4 Å². The molecule has 0 atom stereocenters. The summed E-state index contributed by atoms with van der Waals surface area (Å²) >= 11 is 1.92. The Hall–Kier alpha value is -0.340. The lowest BCUT2D eigenvalue weighted by Gasteiger charge is -2.29. The van der Waals surface area contributed by atoms with E-state index in [1.807, 2.05) is 11.3 Å². The van der Waals surface area contributed by atoms with E-state index in [0.717, 1.165) is 0 Å².